The molecule has 68 valence electrons. The minimum atomic E-state index is -2.43. The molecule has 0 heterocycles. The average molecular weight is 181 g/mol. The highest BCUT2D eigenvalue weighted by Crippen LogP contribution is 1.83. The maximum absolute atomic E-state index is 9.97. The minimum absolute atomic E-state index is 0.475. The van der Waals surface area contributed by atoms with Gasteiger partial charge in [-0.1, -0.05) is 6.92 Å². The topological polar surface area (TPSA) is 55.4 Å². The van der Waals surface area contributed by atoms with Gasteiger partial charge in [-0.15, -0.1) is 0 Å². The van der Waals surface area contributed by atoms with Crippen molar-refractivity contribution >= 4 is 10.9 Å². The van der Waals surface area contributed by atoms with Gasteiger partial charge in [-0.3, -0.25) is 0 Å². The van der Waals surface area contributed by atoms with E-state index in [1.54, 1.807) is 0 Å². The summed E-state index contributed by atoms with van der Waals surface area (Å²) >= 11 is 0. The third-order valence-electron chi connectivity index (χ3n) is 1.05. The van der Waals surface area contributed by atoms with Crippen LogP contribution >= 0.6 is 0 Å². The summed E-state index contributed by atoms with van der Waals surface area (Å²) in [4.78, 5) is 0. The summed E-state index contributed by atoms with van der Waals surface area (Å²) in [6.45, 7) is 3.89. The van der Waals surface area contributed by atoms with Crippen LogP contribution in [0, 0.1) is 0 Å². The van der Waals surface area contributed by atoms with Gasteiger partial charge in [0.25, 0.3) is 0 Å². The Morgan fingerprint density at radius 2 is 2.09 bits per heavy atom. The van der Waals surface area contributed by atoms with Crippen LogP contribution < -0.4 is 4.72 Å². The van der Waals surface area contributed by atoms with E-state index in [-0.39, 0.29) is 0 Å². The Labute approximate surface area is 69.0 Å². The Morgan fingerprint density at radius 3 is 2.64 bits per heavy atom. The van der Waals surface area contributed by atoms with E-state index in [4.69, 9.17) is 4.74 Å². The van der Waals surface area contributed by atoms with Crippen LogP contribution in [0.3, 0.4) is 0 Å². The summed E-state index contributed by atoms with van der Waals surface area (Å²) in [7, 11) is -2.43. The molecule has 11 heavy (non-hydrogen) atoms. The highest BCUT2D eigenvalue weighted by atomic mass is 32.2. The molecular formula is C6H15NO3S. The standard InChI is InChI=1S/C6H15NO3S/c1-2-5-10-6-3-4-7-11(8)9/h11H,2-6H2,1H3,(H,7,8,9). The monoisotopic (exact) mass is 181 g/mol. The molecule has 0 spiro atoms. The molecule has 0 aromatic carbocycles. The predicted molar refractivity (Wildman–Crippen MR) is 44.0 cm³/mol. The largest absolute Gasteiger partial charge is 0.381 e. The second-order valence-electron chi connectivity index (χ2n) is 2.13. The zero-order chi connectivity index (χ0) is 8.53. The molecule has 1 N–H and O–H groups in total. The first-order valence-corrected chi connectivity index (χ1v) is 4.90. The number of ether oxygens (including phenoxy) is 1. The van der Waals surface area contributed by atoms with Crippen molar-refractivity contribution in [3.05, 3.63) is 0 Å². The SMILES string of the molecule is CCCOCCCN[SH](=O)=O. The molecule has 0 aliphatic heterocycles. The molecule has 0 fully saturated rings. The van der Waals surface area contributed by atoms with Crippen molar-refractivity contribution in [2.24, 2.45) is 0 Å². The Bertz CT molecular complexity index is 139. The lowest BCUT2D eigenvalue weighted by molar-refractivity contribution is 0.133. The van der Waals surface area contributed by atoms with Gasteiger partial charge in [0.05, 0.1) is 0 Å². The van der Waals surface area contributed by atoms with E-state index >= 15 is 0 Å². The van der Waals surface area contributed by atoms with Gasteiger partial charge in [0.15, 0.2) is 0 Å². The number of nitrogens with one attached hydrogen (secondary N) is 1. The first kappa shape index (κ1) is 10.9. The zero-order valence-corrected chi connectivity index (χ0v) is 7.60. The summed E-state index contributed by atoms with van der Waals surface area (Å²) in [5, 5.41) is 0. The number of rotatable bonds is 7. The summed E-state index contributed by atoms with van der Waals surface area (Å²) in [5.74, 6) is 0. The lowest BCUT2D eigenvalue weighted by Gasteiger charge is -1.99. The third kappa shape index (κ3) is 9.87. The normalized spacial score (nSPS) is 10.7. The lowest BCUT2D eigenvalue weighted by Crippen LogP contribution is -2.14. The second-order valence-corrected chi connectivity index (χ2v) is 2.96. The fourth-order valence-electron chi connectivity index (χ4n) is 0.591. The second kappa shape index (κ2) is 7.97. The molecule has 0 saturated carbocycles. The van der Waals surface area contributed by atoms with Crippen LogP contribution in [0.5, 0.6) is 0 Å². The first-order valence-electron chi connectivity index (χ1n) is 3.73. The van der Waals surface area contributed by atoms with E-state index in [0.29, 0.717) is 13.2 Å². The van der Waals surface area contributed by atoms with Crippen LogP contribution in [0.15, 0.2) is 0 Å². The van der Waals surface area contributed by atoms with Crippen LogP contribution in [0.4, 0.5) is 0 Å². The maximum Gasteiger partial charge on any atom is 0.201 e. The highest BCUT2D eigenvalue weighted by Gasteiger charge is 1.87. The molecule has 0 rings (SSSR count). The molecule has 0 aliphatic carbocycles. The van der Waals surface area contributed by atoms with Crippen LogP contribution in [0.2, 0.25) is 0 Å². The first-order chi connectivity index (χ1) is 5.27. The fourth-order valence-corrected chi connectivity index (χ4v) is 0.932. The molecule has 5 heteroatoms. The van der Waals surface area contributed by atoms with Crippen molar-refractivity contribution < 1.29 is 13.2 Å². The van der Waals surface area contributed by atoms with E-state index in [2.05, 4.69) is 4.72 Å². The summed E-state index contributed by atoms with van der Waals surface area (Å²) in [6.07, 6.45) is 1.74. The molecular weight excluding hydrogens is 166 g/mol. The van der Waals surface area contributed by atoms with E-state index < -0.39 is 10.9 Å². The molecule has 0 aliphatic rings. The molecule has 0 radical (unpaired) electrons. The average Bonchev–Trinajstić information content (AvgIpc) is 1.96. The van der Waals surface area contributed by atoms with E-state index in [1.165, 1.54) is 0 Å². The van der Waals surface area contributed by atoms with E-state index in [9.17, 15) is 8.42 Å². The quantitative estimate of drug-likeness (QED) is 0.426. The molecule has 0 aromatic heterocycles. The summed E-state index contributed by atoms with van der Waals surface area (Å²) in [6, 6.07) is 0. The van der Waals surface area contributed by atoms with E-state index in [0.717, 1.165) is 19.4 Å². The van der Waals surface area contributed by atoms with Gasteiger partial charge in [0, 0.05) is 19.8 Å². The van der Waals surface area contributed by atoms with Crippen molar-refractivity contribution in [3.63, 3.8) is 0 Å². The van der Waals surface area contributed by atoms with Crippen LogP contribution in [-0.4, -0.2) is 28.2 Å². The number of hydrogen-bond donors (Lipinski definition) is 2. The van der Waals surface area contributed by atoms with Crippen LogP contribution in [-0.2, 0) is 15.6 Å². The highest BCUT2D eigenvalue weighted by molar-refractivity contribution is 7.70. The van der Waals surface area contributed by atoms with Gasteiger partial charge in [0.1, 0.15) is 0 Å². The maximum atomic E-state index is 9.97. The third-order valence-corrected chi connectivity index (χ3v) is 1.54. The van der Waals surface area contributed by atoms with Crippen molar-refractivity contribution in [2.45, 2.75) is 19.8 Å². The van der Waals surface area contributed by atoms with Gasteiger partial charge >= 0.3 is 0 Å². The van der Waals surface area contributed by atoms with Crippen LogP contribution in [0.25, 0.3) is 0 Å². The number of hydrogen-bond acceptors (Lipinski definition) is 3. The predicted octanol–water partition coefficient (Wildman–Crippen LogP) is -0.0809. The molecule has 0 aromatic rings. The Morgan fingerprint density at radius 1 is 1.36 bits per heavy atom. The zero-order valence-electron chi connectivity index (χ0n) is 6.71. The summed E-state index contributed by atoms with van der Waals surface area (Å²) < 4.78 is 27.4. The summed E-state index contributed by atoms with van der Waals surface area (Å²) in [5.41, 5.74) is 0. The Hall–Kier alpha value is -0.130. The molecule has 0 atom stereocenters. The van der Waals surface area contributed by atoms with Gasteiger partial charge < -0.3 is 4.74 Å². The van der Waals surface area contributed by atoms with Gasteiger partial charge in [-0.05, 0) is 12.8 Å². The lowest BCUT2D eigenvalue weighted by atomic mass is 10.4. The van der Waals surface area contributed by atoms with Crippen molar-refractivity contribution in [1.29, 1.82) is 0 Å². The van der Waals surface area contributed by atoms with Gasteiger partial charge in [0.2, 0.25) is 10.9 Å². The molecule has 0 saturated heterocycles. The molecule has 0 amide bonds. The van der Waals surface area contributed by atoms with Crippen LogP contribution in [0.1, 0.15) is 19.8 Å². The van der Waals surface area contributed by atoms with Gasteiger partial charge in [-0.2, -0.15) is 0 Å². The number of thiol groups is 1. The molecule has 0 unspecified atom stereocenters. The van der Waals surface area contributed by atoms with E-state index in [1.807, 2.05) is 6.92 Å². The van der Waals surface area contributed by atoms with Crippen molar-refractivity contribution in [2.75, 3.05) is 19.8 Å². The van der Waals surface area contributed by atoms with Crippen molar-refractivity contribution in [3.8, 4) is 0 Å². The molecule has 0 bridgehead atoms. The molecule has 4 nitrogen and oxygen atoms in total. The minimum Gasteiger partial charge on any atom is -0.381 e. The Balaban J connectivity index is 2.90. The van der Waals surface area contributed by atoms with Gasteiger partial charge in [-0.25, -0.2) is 13.1 Å². The fraction of sp³-hybridized carbons (Fsp3) is 1.00. The Kier molecular flexibility index (Phi) is 7.88. The van der Waals surface area contributed by atoms with Crippen molar-refractivity contribution in [1.82, 2.24) is 4.72 Å². The smallest absolute Gasteiger partial charge is 0.201 e.